The predicted octanol–water partition coefficient (Wildman–Crippen LogP) is 3.88. The molecule has 2 aromatic carbocycles. The van der Waals surface area contributed by atoms with Crippen molar-refractivity contribution in [2.24, 2.45) is 4.99 Å². The van der Waals surface area contributed by atoms with Crippen molar-refractivity contribution in [3.05, 3.63) is 70.8 Å². The van der Waals surface area contributed by atoms with Crippen molar-refractivity contribution < 1.29 is 9.59 Å². The Balaban J connectivity index is 1.13. The van der Waals surface area contributed by atoms with Crippen LogP contribution in [0.4, 0.5) is 4.79 Å². The maximum Gasteiger partial charge on any atom is 0.290 e. The van der Waals surface area contributed by atoms with Crippen LogP contribution in [-0.2, 0) is 11.3 Å². The molecule has 5 rings (SSSR count). The number of benzene rings is 2. The molecule has 1 saturated heterocycles. The average Bonchev–Trinajstić information content (AvgIpc) is 3.18. The predicted molar refractivity (Wildman–Crippen MR) is 137 cm³/mol. The second-order valence-electron chi connectivity index (χ2n) is 8.98. The first-order valence-electron chi connectivity index (χ1n) is 11.7. The molecule has 3 N–H and O–H groups in total. The Morgan fingerprint density at radius 2 is 1.91 bits per heavy atom. The molecule has 3 aliphatic rings. The van der Waals surface area contributed by atoms with Crippen molar-refractivity contribution >= 4 is 39.9 Å². The Labute approximate surface area is 203 Å². The molecule has 2 aliphatic heterocycles. The molecule has 0 aromatic heterocycles. The van der Waals surface area contributed by atoms with E-state index in [-0.39, 0.29) is 17.4 Å². The largest absolute Gasteiger partial charge is 0.351 e. The lowest BCUT2D eigenvalue weighted by atomic mass is 9.90. The standard InChI is InChI=1S/C26H29N5O2S/c1-31(25-27-14-13-20(29-25)15-23-24(32)30-26(33)34-23)21-11-9-19(10-12-21)28-16-18-7-4-6-17-5-2-3-8-22(17)18/h2-8,13-15,19,21,25,28-29H,9-12,16H2,1H3,(H,30,32,33)/b23-15-/t19-,21-,25?. The number of rotatable bonds is 6. The number of hydrogen-bond acceptors (Lipinski definition) is 7. The molecule has 0 bridgehead atoms. The van der Waals surface area contributed by atoms with E-state index in [1.165, 1.54) is 16.3 Å². The van der Waals surface area contributed by atoms with E-state index in [0.29, 0.717) is 17.0 Å². The van der Waals surface area contributed by atoms with Gasteiger partial charge >= 0.3 is 0 Å². The van der Waals surface area contributed by atoms with Crippen LogP contribution >= 0.6 is 11.8 Å². The number of hydrogen-bond donors (Lipinski definition) is 3. The number of carbonyl (C=O) groups is 2. The lowest BCUT2D eigenvalue weighted by molar-refractivity contribution is -0.115. The minimum atomic E-state index is -0.348. The van der Waals surface area contributed by atoms with Crippen LogP contribution in [0, 0.1) is 0 Å². The fourth-order valence-corrected chi connectivity index (χ4v) is 5.56. The van der Waals surface area contributed by atoms with E-state index in [1.807, 2.05) is 6.08 Å². The van der Waals surface area contributed by atoms with Gasteiger partial charge in [0.2, 0.25) is 0 Å². The van der Waals surface area contributed by atoms with Crippen molar-refractivity contribution in [2.45, 2.75) is 50.6 Å². The molecule has 1 unspecified atom stereocenters. The average molecular weight is 476 g/mol. The molecular formula is C26H29N5O2S. The third-order valence-corrected chi connectivity index (χ3v) is 7.64. The Morgan fingerprint density at radius 1 is 1.12 bits per heavy atom. The molecule has 7 nitrogen and oxygen atoms in total. The smallest absolute Gasteiger partial charge is 0.290 e. The highest BCUT2D eigenvalue weighted by Gasteiger charge is 2.29. The molecule has 0 radical (unpaired) electrons. The second-order valence-corrected chi connectivity index (χ2v) is 10.00. The molecule has 1 saturated carbocycles. The van der Waals surface area contributed by atoms with Crippen LogP contribution < -0.4 is 16.0 Å². The van der Waals surface area contributed by atoms with Gasteiger partial charge in [-0.1, -0.05) is 42.5 Å². The molecule has 1 atom stereocenters. The van der Waals surface area contributed by atoms with Gasteiger partial charge in [0.1, 0.15) is 0 Å². The van der Waals surface area contributed by atoms with E-state index in [4.69, 9.17) is 0 Å². The van der Waals surface area contributed by atoms with Crippen LogP contribution in [0.5, 0.6) is 0 Å². The Hall–Kier alpha value is -2.94. The van der Waals surface area contributed by atoms with Crippen molar-refractivity contribution in [1.82, 2.24) is 20.9 Å². The quantitative estimate of drug-likeness (QED) is 0.550. The van der Waals surface area contributed by atoms with Crippen molar-refractivity contribution in [2.75, 3.05) is 7.05 Å². The summed E-state index contributed by atoms with van der Waals surface area (Å²) in [7, 11) is 2.10. The highest BCUT2D eigenvalue weighted by molar-refractivity contribution is 8.18. The van der Waals surface area contributed by atoms with Gasteiger partial charge in [0.05, 0.1) is 4.91 Å². The van der Waals surface area contributed by atoms with Gasteiger partial charge in [-0.25, -0.2) is 0 Å². The lowest BCUT2D eigenvalue weighted by Gasteiger charge is -2.39. The summed E-state index contributed by atoms with van der Waals surface area (Å²) in [4.78, 5) is 30.5. The SMILES string of the molecule is CN(C1N=CC=C(/C=C2\SC(=O)NC2=O)N1)[C@H]1CC[C@H](NCc2cccc3ccccc23)CC1. The molecule has 176 valence electrons. The number of amides is 2. The van der Waals surface area contributed by atoms with Crippen LogP contribution in [0.3, 0.4) is 0 Å². The molecule has 2 fully saturated rings. The third-order valence-electron chi connectivity index (χ3n) is 6.83. The molecule has 2 amide bonds. The summed E-state index contributed by atoms with van der Waals surface area (Å²) in [6, 6.07) is 16.0. The van der Waals surface area contributed by atoms with Gasteiger partial charge in [0.25, 0.3) is 11.1 Å². The highest BCUT2D eigenvalue weighted by Crippen LogP contribution is 2.27. The summed E-state index contributed by atoms with van der Waals surface area (Å²) in [5.41, 5.74) is 2.13. The van der Waals surface area contributed by atoms with Crippen LogP contribution in [0.2, 0.25) is 0 Å². The Kier molecular flexibility index (Phi) is 6.80. The summed E-state index contributed by atoms with van der Waals surface area (Å²) in [5, 5.41) is 11.7. The van der Waals surface area contributed by atoms with Crippen LogP contribution in [0.1, 0.15) is 31.2 Å². The molecule has 1 aliphatic carbocycles. The summed E-state index contributed by atoms with van der Waals surface area (Å²) < 4.78 is 0. The van der Waals surface area contributed by atoms with Crippen LogP contribution in [0.25, 0.3) is 10.8 Å². The number of imide groups is 1. The first kappa shape index (κ1) is 22.8. The van der Waals surface area contributed by atoms with E-state index in [0.717, 1.165) is 49.7 Å². The second kappa shape index (κ2) is 10.1. The summed E-state index contributed by atoms with van der Waals surface area (Å²) in [6.45, 7) is 0.887. The topological polar surface area (TPSA) is 85.8 Å². The minimum absolute atomic E-state index is 0.188. The highest BCUT2D eigenvalue weighted by atomic mass is 32.2. The maximum absolute atomic E-state index is 11.8. The van der Waals surface area contributed by atoms with Gasteiger partial charge in [0.15, 0.2) is 6.29 Å². The van der Waals surface area contributed by atoms with E-state index >= 15 is 0 Å². The maximum atomic E-state index is 11.8. The number of nitrogens with zero attached hydrogens (tertiary/aromatic N) is 2. The fraction of sp³-hybridized carbons (Fsp3) is 0.346. The monoisotopic (exact) mass is 475 g/mol. The number of fused-ring (bicyclic) bond motifs is 1. The number of aliphatic imine (C=N–C) groups is 1. The molecular weight excluding hydrogens is 446 g/mol. The van der Waals surface area contributed by atoms with Gasteiger partial charge in [0, 0.05) is 30.5 Å². The number of nitrogens with one attached hydrogen (secondary N) is 3. The van der Waals surface area contributed by atoms with Crippen LogP contribution in [0.15, 0.2) is 70.2 Å². The van der Waals surface area contributed by atoms with E-state index in [2.05, 4.69) is 75.4 Å². The van der Waals surface area contributed by atoms with Gasteiger partial charge < -0.3 is 10.6 Å². The molecule has 0 spiro atoms. The van der Waals surface area contributed by atoms with Gasteiger partial charge in [-0.05, 0) is 73.0 Å². The number of thioether (sulfide) groups is 1. The summed E-state index contributed by atoms with van der Waals surface area (Å²) >= 11 is 0.924. The van der Waals surface area contributed by atoms with Gasteiger partial charge in [-0.3, -0.25) is 24.8 Å². The number of allylic oxidation sites excluding steroid dienone is 2. The third kappa shape index (κ3) is 5.09. The fourth-order valence-electron chi connectivity index (χ4n) is 4.89. The molecule has 8 heteroatoms. The van der Waals surface area contributed by atoms with E-state index < -0.39 is 0 Å². The zero-order valence-electron chi connectivity index (χ0n) is 19.2. The lowest BCUT2D eigenvalue weighted by Crippen LogP contribution is -2.50. The molecule has 2 heterocycles. The van der Waals surface area contributed by atoms with Crippen molar-refractivity contribution in [1.29, 1.82) is 0 Å². The normalized spacial score (nSPS) is 26.1. The molecule has 34 heavy (non-hydrogen) atoms. The summed E-state index contributed by atoms with van der Waals surface area (Å²) in [5.74, 6) is -0.348. The zero-order valence-corrected chi connectivity index (χ0v) is 20.0. The van der Waals surface area contributed by atoms with Crippen molar-refractivity contribution in [3.8, 4) is 0 Å². The van der Waals surface area contributed by atoms with E-state index in [9.17, 15) is 9.59 Å². The Morgan fingerprint density at radius 3 is 2.71 bits per heavy atom. The number of carbonyl (C=O) groups excluding carboxylic acids is 2. The Bertz CT molecular complexity index is 1180. The summed E-state index contributed by atoms with van der Waals surface area (Å²) in [6.07, 6.45) is 9.57. The molecule has 2 aromatic rings. The minimum Gasteiger partial charge on any atom is -0.351 e. The van der Waals surface area contributed by atoms with Crippen LogP contribution in [-0.4, -0.2) is 47.7 Å². The van der Waals surface area contributed by atoms with E-state index in [1.54, 1.807) is 12.3 Å². The van der Waals surface area contributed by atoms with Crippen molar-refractivity contribution in [3.63, 3.8) is 0 Å². The first-order valence-corrected chi connectivity index (χ1v) is 12.6. The first-order chi connectivity index (χ1) is 16.6. The zero-order chi connectivity index (χ0) is 23.5. The van der Waals surface area contributed by atoms with Gasteiger partial charge in [-0.15, -0.1) is 0 Å². The van der Waals surface area contributed by atoms with Gasteiger partial charge in [-0.2, -0.15) is 0 Å².